The highest BCUT2D eigenvalue weighted by Gasteiger charge is 2.34. The van der Waals surface area contributed by atoms with Crippen LogP contribution >= 0.6 is 39.9 Å². The molecule has 1 saturated heterocycles. The quantitative estimate of drug-likeness (QED) is 0.333. The number of anilines is 1. The van der Waals surface area contributed by atoms with E-state index in [1.54, 1.807) is 4.90 Å². The van der Waals surface area contributed by atoms with Gasteiger partial charge in [-0.1, -0.05) is 49.1 Å². The third-order valence-corrected chi connectivity index (χ3v) is 6.12. The summed E-state index contributed by atoms with van der Waals surface area (Å²) in [5.41, 5.74) is 2.66. The van der Waals surface area contributed by atoms with E-state index in [0.29, 0.717) is 33.9 Å². The molecule has 3 rings (SSSR count). The van der Waals surface area contributed by atoms with Crippen LogP contribution in [0, 0.1) is 6.92 Å². The number of rotatable bonds is 7. The predicted molar refractivity (Wildman–Crippen MR) is 128 cm³/mol. The van der Waals surface area contributed by atoms with Gasteiger partial charge in [-0.05, 0) is 71.6 Å². The van der Waals surface area contributed by atoms with Crippen molar-refractivity contribution in [2.24, 2.45) is 0 Å². The van der Waals surface area contributed by atoms with Crippen molar-refractivity contribution in [2.45, 2.75) is 27.2 Å². The molecule has 0 spiro atoms. The van der Waals surface area contributed by atoms with E-state index in [4.69, 9.17) is 21.7 Å². The highest BCUT2D eigenvalue weighted by molar-refractivity contribution is 9.10. The lowest BCUT2D eigenvalue weighted by molar-refractivity contribution is -0.113. The molecule has 0 bridgehead atoms. The fourth-order valence-corrected chi connectivity index (χ4v) is 4.78. The van der Waals surface area contributed by atoms with E-state index in [0.717, 1.165) is 27.7 Å². The zero-order valence-corrected chi connectivity index (χ0v) is 19.7. The van der Waals surface area contributed by atoms with E-state index in [9.17, 15) is 4.79 Å². The number of amides is 1. The molecule has 1 fully saturated rings. The number of halogens is 1. The number of hydrogen-bond donors (Lipinski definition) is 0. The predicted octanol–water partition coefficient (Wildman–Crippen LogP) is 6.35. The third-order valence-electron chi connectivity index (χ3n) is 4.23. The van der Waals surface area contributed by atoms with E-state index in [1.807, 2.05) is 56.3 Å². The van der Waals surface area contributed by atoms with Gasteiger partial charge in [0.15, 0.2) is 15.8 Å². The molecule has 1 aliphatic rings. The van der Waals surface area contributed by atoms with Gasteiger partial charge in [0.25, 0.3) is 5.91 Å². The van der Waals surface area contributed by atoms with Gasteiger partial charge in [0.2, 0.25) is 0 Å². The van der Waals surface area contributed by atoms with Crippen LogP contribution in [0.5, 0.6) is 11.5 Å². The summed E-state index contributed by atoms with van der Waals surface area (Å²) in [5, 5.41) is 0. The molecule has 0 N–H and O–H groups in total. The molecular weight excluding hydrogens is 470 g/mol. The zero-order valence-electron chi connectivity index (χ0n) is 16.5. The maximum absolute atomic E-state index is 13.1. The molecule has 0 unspecified atom stereocenters. The molecule has 2 aromatic rings. The molecule has 7 heteroatoms. The SMILES string of the molecule is CCCOc1c(Br)cc(/C=C2\SC(=S)N(c3ccccc3C)C2=O)cc1OCC. The number of thioether (sulfide) groups is 1. The first-order valence-corrected chi connectivity index (χ1v) is 11.4. The van der Waals surface area contributed by atoms with Crippen molar-refractivity contribution in [1.82, 2.24) is 0 Å². The van der Waals surface area contributed by atoms with Gasteiger partial charge < -0.3 is 9.47 Å². The maximum atomic E-state index is 13.1. The molecule has 0 saturated carbocycles. The second kappa shape index (κ2) is 9.78. The lowest BCUT2D eigenvalue weighted by atomic mass is 10.1. The minimum atomic E-state index is -0.116. The molecular formula is C22H22BrNO3S2. The molecule has 1 heterocycles. The van der Waals surface area contributed by atoms with Crippen LogP contribution in [0.1, 0.15) is 31.4 Å². The summed E-state index contributed by atoms with van der Waals surface area (Å²) < 4.78 is 12.9. The molecule has 152 valence electrons. The molecule has 4 nitrogen and oxygen atoms in total. The number of thiocarbonyl (C=S) groups is 1. The highest BCUT2D eigenvalue weighted by Crippen LogP contribution is 2.40. The monoisotopic (exact) mass is 491 g/mol. The number of aryl methyl sites for hydroxylation is 1. The van der Waals surface area contributed by atoms with Crippen molar-refractivity contribution >= 4 is 61.9 Å². The summed E-state index contributed by atoms with van der Waals surface area (Å²) in [4.78, 5) is 15.2. The fraction of sp³-hybridized carbons (Fsp3) is 0.273. The van der Waals surface area contributed by atoms with Crippen LogP contribution < -0.4 is 14.4 Å². The number of carbonyl (C=O) groups is 1. The Morgan fingerprint density at radius 3 is 2.66 bits per heavy atom. The number of benzene rings is 2. The third kappa shape index (κ3) is 4.85. The molecule has 2 aromatic carbocycles. The lowest BCUT2D eigenvalue weighted by Crippen LogP contribution is -2.28. The van der Waals surface area contributed by atoms with Crippen LogP contribution in [-0.2, 0) is 4.79 Å². The second-order valence-corrected chi connectivity index (χ2v) is 8.95. The van der Waals surface area contributed by atoms with Crippen molar-refractivity contribution in [3.8, 4) is 11.5 Å². The van der Waals surface area contributed by atoms with Crippen molar-refractivity contribution in [3.63, 3.8) is 0 Å². The number of hydrogen-bond acceptors (Lipinski definition) is 5. The van der Waals surface area contributed by atoms with Gasteiger partial charge in [0.05, 0.1) is 28.3 Å². The summed E-state index contributed by atoms with van der Waals surface area (Å²) in [6, 6.07) is 11.5. The van der Waals surface area contributed by atoms with Crippen LogP contribution in [0.4, 0.5) is 5.69 Å². The first-order valence-electron chi connectivity index (χ1n) is 9.39. The number of ether oxygens (including phenoxy) is 2. The van der Waals surface area contributed by atoms with Gasteiger partial charge in [-0.25, -0.2) is 0 Å². The summed E-state index contributed by atoms with van der Waals surface area (Å²) in [5.74, 6) is 1.21. The summed E-state index contributed by atoms with van der Waals surface area (Å²) >= 11 is 10.4. The van der Waals surface area contributed by atoms with Gasteiger partial charge in [-0.15, -0.1) is 0 Å². The lowest BCUT2D eigenvalue weighted by Gasteiger charge is -2.16. The van der Waals surface area contributed by atoms with Crippen LogP contribution in [0.15, 0.2) is 45.8 Å². The summed E-state index contributed by atoms with van der Waals surface area (Å²) in [6.45, 7) is 7.08. The number of nitrogens with zero attached hydrogens (tertiary/aromatic N) is 1. The van der Waals surface area contributed by atoms with Crippen LogP contribution in [0.2, 0.25) is 0 Å². The van der Waals surface area contributed by atoms with E-state index in [-0.39, 0.29) is 5.91 Å². The molecule has 0 aliphatic carbocycles. The van der Waals surface area contributed by atoms with Gasteiger partial charge in [-0.3, -0.25) is 9.69 Å². The first kappa shape index (κ1) is 21.9. The molecule has 0 radical (unpaired) electrons. The van der Waals surface area contributed by atoms with Gasteiger partial charge >= 0.3 is 0 Å². The van der Waals surface area contributed by atoms with Crippen molar-refractivity contribution in [3.05, 3.63) is 56.9 Å². The Morgan fingerprint density at radius 2 is 1.97 bits per heavy atom. The van der Waals surface area contributed by atoms with E-state index in [2.05, 4.69) is 22.9 Å². The van der Waals surface area contributed by atoms with E-state index >= 15 is 0 Å². The van der Waals surface area contributed by atoms with Crippen LogP contribution in [0.3, 0.4) is 0 Å². The van der Waals surface area contributed by atoms with Gasteiger partial charge in [0.1, 0.15) is 0 Å². The largest absolute Gasteiger partial charge is 0.490 e. The van der Waals surface area contributed by atoms with Gasteiger partial charge in [0, 0.05) is 0 Å². The summed E-state index contributed by atoms with van der Waals surface area (Å²) in [7, 11) is 0. The Labute approximate surface area is 189 Å². The first-order chi connectivity index (χ1) is 14.0. The second-order valence-electron chi connectivity index (χ2n) is 6.42. The average molecular weight is 492 g/mol. The molecule has 29 heavy (non-hydrogen) atoms. The standard InChI is InChI=1S/C22H22BrNO3S2/c1-4-10-27-20-16(23)11-15(12-18(20)26-5-2)13-19-21(25)24(22(28)29-19)17-9-7-6-8-14(17)3/h6-9,11-13H,4-5,10H2,1-3H3/b19-13-. The highest BCUT2D eigenvalue weighted by atomic mass is 79.9. The maximum Gasteiger partial charge on any atom is 0.270 e. The average Bonchev–Trinajstić information content (AvgIpc) is 2.95. The topological polar surface area (TPSA) is 38.8 Å². The molecule has 1 amide bonds. The molecule has 0 aromatic heterocycles. The Hall–Kier alpha value is -1.83. The summed E-state index contributed by atoms with van der Waals surface area (Å²) in [6.07, 6.45) is 2.75. The normalized spacial score (nSPS) is 15.3. The molecule has 0 atom stereocenters. The Bertz CT molecular complexity index is 975. The van der Waals surface area contributed by atoms with Crippen LogP contribution in [0.25, 0.3) is 6.08 Å². The number of carbonyl (C=O) groups excluding carboxylic acids is 1. The zero-order chi connectivity index (χ0) is 21.0. The minimum absolute atomic E-state index is 0.116. The van der Waals surface area contributed by atoms with E-state index in [1.165, 1.54) is 11.8 Å². The fourth-order valence-electron chi connectivity index (χ4n) is 2.92. The van der Waals surface area contributed by atoms with Crippen molar-refractivity contribution in [2.75, 3.05) is 18.1 Å². The Morgan fingerprint density at radius 1 is 1.21 bits per heavy atom. The van der Waals surface area contributed by atoms with Crippen molar-refractivity contribution in [1.29, 1.82) is 0 Å². The minimum Gasteiger partial charge on any atom is -0.490 e. The molecule has 1 aliphatic heterocycles. The van der Waals surface area contributed by atoms with Crippen molar-refractivity contribution < 1.29 is 14.3 Å². The Kier molecular flexibility index (Phi) is 7.38. The smallest absolute Gasteiger partial charge is 0.270 e. The number of para-hydroxylation sites is 1. The Balaban J connectivity index is 1.95. The van der Waals surface area contributed by atoms with E-state index < -0.39 is 0 Å². The van der Waals surface area contributed by atoms with Crippen LogP contribution in [-0.4, -0.2) is 23.4 Å². The van der Waals surface area contributed by atoms with Gasteiger partial charge in [-0.2, -0.15) is 0 Å².